The lowest BCUT2D eigenvalue weighted by Gasteiger charge is -2.14. The Kier molecular flexibility index (Phi) is 6.03. The van der Waals surface area contributed by atoms with Gasteiger partial charge in [0.15, 0.2) is 0 Å². The van der Waals surface area contributed by atoms with Gasteiger partial charge in [-0.15, -0.1) is 0 Å². The van der Waals surface area contributed by atoms with Crippen molar-refractivity contribution in [2.24, 2.45) is 0 Å². The number of hydrogen-bond acceptors (Lipinski definition) is 4. The molecule has 6 nitrogen and oxygen atoms in total. The molecule has 7 heteroatoms. The van der Waals surface area contributed by atoms with Crippen LogP contribution in [0.1, 0.15) is 25.8 Å². The number of amides is 1. The van der Waals surface area contributed by atoms with E-state index < -0.39 is 10.0 Å². The summed E-state index contributed by atoms with van der Waals surface area (Å²) < 4.78 is 33.2. The van der Waals surface area contributed by atoms with Crippen molar-refractivity contribution >= 4 is 27.3 Å². The first-order chi connectivity index (χ1) is 11.9. The zero-order chi connectivity index (χ0) is 18.4. The molecular formula is C18H22N2O4S. The van der Waals surface area contributed by atoms with Gasteiger partial charge < -0.3 is 10.1 Å². The highest BCUT2D eigenvalue weighted by Gasteiger charge is 2.18. The zero-order valence-electron chi connectivity index (χ0n) is 14.5. The van der Waals surface area contributed by atoms with Crippen LogP contribution in [0.15, 0.2) is 47.4 Å². The highest BCUT2D eigenvalue weighted by molar-refractivity contribution is 7.92. The van der Waals surface area contributed by atoms with Crippen LogP contribution < -0.4 is 14.8 Å². The molecule has 2 aromatic rings. The van der Waals surface area contributed by atoms with Crippen LogP contribution in [0, 0.1) is 0 Å². The van der Waals surface area contributed by atoms with E-state index in [-0.39, 0.29) is 17.2 Å². The molecule has 0 heterocycles. The smallest absolute Gasteiger partial charge is 0.261 e. The molecule has 2 N–H and O–H groups in total. The maximum Gasteiger partial charge on any atom is 0.261 e. The van der Waals surface area contributed by atoms with Crippen LogP contribution in [0.3, 0.4) is 0 Å². The molecule has 2 aromatic carbocycles. The summed E-state index contributed by atoms with van der Waals surface area (Å²) in [5.74, 6) is 0.173. The molecule has 0 saturated carbocycles. The maximum atomic E-state index is 12.7. The fourth-order valence-electron chi connectivity index (χ4n) is 2.32. The van der Waals surface area contributed by atoms with Crippen molar-refractivity contribution in [3.05, 3.63) is 48.0 Å². The number of hydrogen-bond donors (Lipinski definition) is 2. The molecule has 0 unspecified atom stereocenters. The van der Waals surface area contributed by atoms with Gasteiger partial charge in [0.05, 0.1) is 23.4 Å². The highest BCUT2D eigenvalue weighted by atomic mass is 32.2. The van der Waals surface area contributed by atoms with Gasteiger partial charge in [-0.2, -0.15) is 0 Å². The van der Waals surface area contributed by atoms with Gasteiger partial charge in [-0.25, -0.2) is 8.42 Å². The Labute approximate surface area is 148 Å². The molecule has 2 rings (SSSR count). The highest BCUT2D eigenvalue weighted by Crippen LogP contribution is 2.29. The van der Waals surface area contributed by atoms with Crippen LogP contribution in [0.5, 0.6) is 5.75 Å². The van der Waals surface area contributed by atoms with E-state index in [1.807, 2.05) is 19.1 Å². The molecule has 0 bridgehead atoms. The van der Waals surface area contributed by atoms with Gasteiger partial charge in [-0.1, -0.05) is 32.0 Å². The molecule has 0 aromatic heterocycles. The Morgan fingerprint density at radius 1 is 1.08 bits per heavy atom. The molecule has 0 aliphatic heterocycles. The maximum absolute atomic E-state index is 12.7. The summed E-state index contributed by atoms with van der Waals surface area (Å²) >= 11 is 0. The quantitative estimate of drug-likeness (QED) is 0.790. The van der Waals surface area contributed by atoms with Gasteiger partial charge >= 0.3 is 0 Å². The molecule has 0 radical (unpaired) electrons. The second kappa shape index (κ2) is 8.02. The first kappa shape index (κ1) is 18.8. The number of nitrogens with one attached hydrogen (secondary N) is 2. The van der Waals surface area contributed by atoms with Gasteiger partial charge in [0.25, 0.3) is 10.0 Å². The molecule has 25 heavy (non-hydrogen) atoms. The number of carbonyl (C=O) groups excluding carboxylic acids is 1. The van der Waals surface area contributed by atoms with Crippen LogP contribution in [0.25, 0.3) is 0 Å². The molecule has 0 fully saturated rings. The number of benzene rings is 2. The lowest BCUT2D eigenvalue weighted by molar-refractivity contribution is -0.115. The van der Waals surface area contributed by atoms with Crippen molar-refractivity contribution in [1.82, 2.24) is 0 Å². The average Bonchev–Trinajstić information content (AvgIpc) is 2.61. The van der Waals surface area contributed by atoms with E-state index in [4.69, 9.17) is 4.74 Å². The third-order valence-electron chi connectivity index (χ3n) is 3.72. The van der Waals surface area contributed by atoms with Crippen molar-refractivity contribution in [2.45, 2.75) is 31.6 Å². The Hall–Kier alpha value is -2.54. The lowest BCUT2D eigenvalue weighted by Crippen LogP contribution is -2.16. The van der Waals surface area contributed by atoms with Crippen molar-refractivity contribution in [2.75, 3.05) is 17.1 Å². The number of carbonyl (C=O) groups is 1. The molecule has 0 saturated heterocycles. The van der Waals surface area contributed by atoms with Crippen molar-refractivity contribution < 1.29 is 17.9 Å². The molecule has 0 spiro atoms. The summed E-state index contributed by atoms with van der Waals surface area (Å²) in [6.07, 6.45) is 0.987. The first-order valence-electron chi connectivity index (χ1n) is 7.99. The fourth-order valence-corrected chi connectivity index (χ4v) is 3.45. The summed E-state index contributed by atoms with van der Waals surface area (Å²) in [5, 5.41) is 2.65. The number of aryl methyl sites for hydroxylation is 1. The topological polar surface area (TPSA) is 84.5 Å². The van der Waals surface area contributed by atoms with Gasteiger partial charge in [0.2, 0.25) is 5.91 Å². The van der Waals surface area contributed by atoms with E-state index in [1.165, 1.54) is 25.3 Å². The monoisotopic (exact) mass is 362 g/mol. The number of anilines is 2. The van der Waals surface area contributed by atoms with Crippen LogP contribution in [-0.4, -0.2) is 21.4 Å². The average molecular weight is 362 g/mol. The largest absolute Gasteiger partial charge is 0.495 e. The lowest BCUT2D eigenvalue weighted by atomic mass is 10.1. The minimum Gasteiger partial charge on any atom is -0.495 e. The van der Waals surface area contributed by atoms with Gasteiger partial charge in [-0.3, -0.25) is 9.52 Å². The molecule has 0 atom stereocenters. The van der Waals surface area contributed by atoms with E-state index in [0.29, 0.717) is 23.5 Å². The molecule has 1 amide bonds. The van der Waals surface area contributed by atoms with E-state index >= 15 is 0 Å². The standard InChI is InChI=1S/C18H22N2O4S/c1-4-13-8-6-7-9-15(13)20-25(22,23)14-10-11-17(24-3)16(12-14)19-18(21)5-2/h6-12,20H,4-5H2,1-3H3,(H,19,21). The molecule has 0 aliphatic carbocycles. The molecule has 0 aliphatic rings. The Bertz CT molecular complexity index is 863. The summed E-state index contributed by atoms with van der Waals surface area (Å²) in [5.41, 5.74) is 1.76. The third kappa shape index (κ3) is 4.51. The van der Waals surface area contributed by atoms with E-state index in [2.05, 4.69) is 10.0 Å². The first-order valence-corrected chi connectivity index (χ1v) is 9.48. The number of sulfonamides is 1. The minimum atomic E-state index is -3.79. The fraction of sp³-hybridized carbons (Fsp3) is 0.278. The summed E-state index contributed by atoms with van der Waals surface area (Å²) in [6, 6.07) is 11.6. The predicted octanol–water partition coefficient (Wildman–Crippen LogP) is 3.41. The number of para-hydroxylation sites is 1. The second-order valence-electron chi connectivity index (χ2n) is 5.38. The Morgan fingerprint density at radius 3 is 2.44 bits per heavy atom. The van der Waals surface area contributed by atoms with Crippen molar-refractivity contribution in [3.63, 3.8) is 0 Å². The normalized spacial score (nSPS) is 11.0. The number of methoxy groups -OCH3 is 1. The Balaban J connectivity index is 2.38. The second-order valence-corrected chi connectivity index (χ2v) is 7.06. The number of rotatable bonds is 7. The van der Waals surface area contributed by atoms with Crippen molar-refractivity contribution in [3.8, 4) is 5.75 Å². The van der Waals surface area contributed by atoms with Crippen LogP contribution in [0.4, 0.5) is 11.4 Å². The van der Waals surface area contributed by atoms with E-state index in [0.717, 1.165) is 5.56 Å². The number of ether oxygens (including phenoxy) is 1. The molecule has 134 valence electrons. The SMILES string of the molecule is CCC(=O)Nc1cc(S(=O)(=O)Nc2ccccc2CC)ccc1OC. The van der Waals surface area contributed by atoms with E-state index in [1.54, 1.807) is 19.1 Å². The molecular weight excluding hydrogens is 340 g/mol. The third-order valence-corrected chi connectivity index (χ3v) is 5.08. The summed E-state index contributed by atoms with van der Waals surface area (Å²) in [6.45, 7) is 3.67. The van der Waals surface area contributed by atoms with Gasteiger partial charge in [0.1, 0.15) is 5.75 Å². The zero-order valence-corrected chi connectivity index (χ0v) is 15.3. The van der Waals surface area contributed by atoms with E-state index in [9.17, 15) is 13.2 Å². The minimum absolute atomic E-state index is 0.0469. The predicted molar refractivity (Wildman–Crippen MR) is 98.5 cm³/mol. The summed E-state index contributed by atoms with van der Waals surface area (Å²) in [7, 11) is -2.33. The summed E-state index contributed by atoms with van der Waals surface area (Å²) in [4.78, 5) is 11.7. The van der Waals surface area contributed by atoms with Gasteiger partial charge in [-0.05, 0) is 36.2 Å². The van der Waals surface area contributed by atoms with Crippen LogP contribution in [-0.2, 0) is 21.2 Å². The van der Waals surface area contributed by atoms with Gasteiger partial charge in [0, 0.05) is 6.42 Å². The van der Waals surface area contributed by atoms with Crippen molar-refractivity contribution in [1.29, 1.82) is 0 Å². The van der Waals surface area contributed by atoms with Crippen LogP contribution >= 0.6 is 0 Å². The van der Waals surface area contributed by atoms with Crippen LogP contribution in [0.2, 0.25) is 0 Å². The Morgan fingerprint density at radius 2 is 1.80 bits per heavy atom.